The molecule has 20 heavy (non-hydrogen) atoms. The summed E-state index contributed by atoms with van der Waals surface area (Å²) in [4.78, 5) is 3.78. The SMILES string of the molecule is CCCc1ccc(NS(=O)(=O)c2c(N)ncn2C)cc1. The fourth-order valence-corrected chi connectivity index (χ4v) is 3.29. The first-order chi connectivity index (χ1) is 9.44. The minimum absolute atomic E-state index is 0.0115. The molecule has 3 N–H and O–H groups in total. The van der Waals surface area contributed by atoms with Crippen LogP contribution < -0.4 is 10.5 Å². The van der Waals surface area contributed by atoms with Crippen molar-refractivity contribution in [3.05, 3.63) is 36.2 Å². The average Bonchev–Trinajstić information content (AvgIpc) is 2.72. The molecule has 6 nitrogen and oxygen atoms in total. The summed E-state index contributed by atoms with van der Waals surface area (Å²) in [6.07, 6.45) is 3.40. The smallest absolute Gasteiger partial charge is 0.281 e. The molecule has 0 unspecified atom stereocenters. The first kappa shape index (κ1) is 14.4. The Morgan fingerprint density at radius 2 is 1.95 bits per heavy atom. The first-order valence-electron chi connectivity index (χ1n) is 6.32. The van der Waals surface area contributed by atoms with Crippen molar-refractivity contribution in [2.24, 2.45) is 7.05 Å². The molecule has 0 aliphatic rings. The highest BCUT2D eigenvalue weighted by Gasteiger charge is 2.22. The van der Waals surface area contributed by atoms with Gasteiger partial charge >= 0.3 is 0 Å². The Balaban J connectivity index is 2.24. The molecule has 7 heteroatoms. The van der Waals surface area contributed by atoms with Crippen LogP contribution in [0.4, 0.5) is 11.5 Å². The number of rotatable bonds is 5. The molecule has 1 aromatic carbocycles. The summed E-state index contributed by atoms with van der Waals surface area (Å²) >= 11 is 0. The molecule has 0 atom stereocenters. The fraction of sp³-hybridized carbons (Fsp3) is 0.308. The Hall–Kier alpha value is -2.02. The van der Waals surface area contributed by atoms with Gasteiger partial charge in [0.25, 0.3) is 10.0 Å². The van der Waals surface area contributed by atoms with Gasteiger partial charge in [0.2, 0.25) is 0 Å². The van der Waals surface area contributed by atoms with E-state index in [0.717, 1.165) is 12.8 Å². The number of nitrogen functional groups attached to an aromatic ring is 1. The number of sulfonamides is 1. The molecule has 0 saturated heterocycles. The van der Waals surface area contributed by atoms with Gasteiger partial charge in [-0.05, 0) is 24.1 Å². The van der Waals surface area contributed by atoms with E-state index in [-0.39, 0.29) is 10.8 Å². The maximum Gasteiger partial charge on any atom is 0.281 e. The van der Waals surface area contributed by atoms with Crippen molar-refractivity contribution in [2.45, 2.75) is 24.8 Å². The normalized spacial score (nSPS) is 11.5. The van der Waals surface area contributed by atoms with Gasteiger partial charge in [-0.25, -0.2) is 4.98 Å². The lowest BCUT2D eigenvalue weighted by atomic mass is 10.1. The monoisotopic (exact) mass is 294 g/mol. The third-order valence-corrected chi connectivity index (χ3v) is 4.42. The Labute approximate surface area is 118 Å². The van der Waals surface area contributed by atoms with E-state index in [1.807, 2.05) is 12.1 Å². The van der Waals surface area contributed by atoms with Gasteiger partial charge in [-0.15, -0.1) is 0 Å². The van der Waals surface area contributed by atoms with Crippen LogP contribution in [0.2, 0.25) is 0 Å². The number of imidazole rings is 1. The van der Waals surface area contributed by atoms with Crippen molar-refractivity contribution in [3.8, 4) is 0 Å². The highest BCUT2D eigenvalue weighted by molar-refractivity contribution is 7.92. The quantitative estimate of drug-likeness (QED) is 0.879. The van der Waals surface area contributed by atoms with Crippen LogP contribution in [0, 0.1) is 0 Å². The van der Waals surface area contributed by atoms with Crippen LogP contribution in [-0.2, 0) is 23.5 Å². The van der Waals surface area contributed by atoms with Crippen molar-refractivity contribution in [1.29, 1.82) is 0 Å². The second-order valence-corrected chi connectivity index (χ2v) is 6.20. The molecule has 1 heterocycles. The van der Waals surface area contributed by atoms with Gasteiger partial charge in [-0.2, -0.15) is 8.42 Å². The number of nitrogens with one attached hydrogen (secondary N) is 1. The number of anilines is 2. The number of nitrogens with zero attached hydrogens (tertiary/aromatic N) is 2. The van der Waals surface area contributed by atoms with Crippen LogP contribution in [0.15, 0.2) is 35.6 Å². The zero-order valence-electron chi connectivity index (χ0n) is 11.5. The lowest BCUT2D eigenvalue weighted by molar-refractivity contribution is 0.592. The Bertz CT molecular complexity index is 670. The van der Waals surface area contributed by atoms with E-state index in [9.17, 15) is 8.42 Å². The number of hydrogen-bond donors (Lipinski definition) is 2. The summed E-state index contributed by atoms with van der Waals surface area (Å²) in [7, 11) is -2.15. The summed E-state index contributed by atoms with van der Waals surface area (Å²) in [5, 5.41) is -0.0323. The molecule has 0 radical (unpaired) electrons. The minimum atomic E-state index is -3.73. The van der Waals surface area contributed by atoms with Gasteiger partial charge in [-0.3, -0.25) is 4.72 Å². The van der Waals surface area contributed by atoms with Crippen molar-refractivity contribution in [3.63, 3.8) is 0 Å². The van der Waals surface area contributed by atoms with Gasteiger partial charge in [0.15, 0.2) is 10.8 Å². The van der Waals surface area contributed by atoms with Gasteiger partial charge in [0.1, 0.15) is 0 Å². The summed E-state index contributed by atoms with van der Waals surface area (Å²) in [5.74, 6) is -0.0115. The summed E-state index contributed by atoms with van der Waals surface area (Å²) in [6, 6.07) is 7.31. The Kier molecular flexibility index (Phi) is 3.99. The molecule has 0 amide bonds. The molecule has 0 aliphatic heterocycles. The van der Waals surface area contributed by atoms with E-state index in [1.165, 1.54) is 16.5 Å². The van der Waals surface area contributed by atoms with Crippen LogP contribution >= 0.6 is 0 Å². The predicted octanol–water partition coefficient (Wildman–Crippen LogP) is 1.76. The molecular weight excluding hydrogens is 276 g/mol. The lowest BCUT2D eigenvalue weighted by Gasteiger charge is -2.09. The van der Waals surface area contributed by atoms with Crippen molar-refractivity contribution in [1.82, 2.24) is 9.55 Å². The van der Waals surface area contributed by atoms with E-state index in [2.05, 4.69) is 16.6 Å². The van der Waals surface area contributed by atoms with Gasteiger partial charge in [-0.1, -0.05) is 25.5 Å². The maximum absolute atomic E-state index is 12.3. The molecule has 1 aromatic heterocycles. The maximum atomic E-state index is 12.3. The van der Waals surface area contributed by atoms with Crippen LogP contribution in [-0.4, -0.2) is 18.0 Å². The standard InChI is InChI=1S/C13H18N4O2S/c1-3-4-10-5-7-11(8-6-10)16-20(18,19)13-12(14)15-9-17(13)2/h5-9,16H,3-4,14H2,1-2H3. The van der Waals surface area contributed by atoms with Crippen LogP contribution in [0.25, 0.3) is 0 Å². The van der Waals surface area contributed by atoms with Crippen LogP contribution in [0.3, 0.4) is 0 Å². The molecule has 0 fully saturated rings. The lowest BCUT2D eigenvalue weighted by Crippen LogP contribution is -2.17. The number of benzene rings is 1. The third kappa shape index (κ3) is 2.93. The molecule has 0 aliphatic carbocycles. The second kappa shape index (κ2) is 5.54. The second-order valence-electron chi connectivity index (χ2n) is 4.60. The number of aromatic nitrogens is 2. The Morgan fingerprint density at radius 3 is 2.45 bits per heavy atom. The fourth-order valence-electron chi connectivity index (χ4n) is 2.00. The summed E-state index contributed by atoms with van der Waals surface area (Å²) in [5.41, 5.74) is 7.28. The van der Waals surface area contributed by atoms with Gasteiger partial charge < -0.3 is 10.3 Å². The number of nitrogens with two attached hydrogens (primary N) is 1. The van der Waals surface area contributed by atoms with E-state index in [4.69, 9.17) is 5.73 Å². The van der Waals surface area contributed by atoms with Gasteiger partial charge in [0, 0.05) is 12.7 Å². The van der Waals surface area contributed by atoms with E-state index in [1.54, 1.807) is 19.2 Å². The van der Waals surface area contributed by atoms with E-state index >= 15 is 0 Å². The molecule has 2 rings (SSSR count). The zero-order chi connectivity index (χ0) is 14.8. The van der Waals surface area contributed by atoms with E-state index < -0.39 is 10.0 Å². The van der Waals surface area contributed by atoms with Crippen LogP contribution in [0.1, 0.15) is 18.9 Å². The minimum Gasteiger partial charge on any atom is -0.381 e. The van der Waals surface area contributed by atoms with Crippen molar-refractivity contribution < 1.29 is 8.42 Å². The molecule has 0 spiro atoms. The van der Waals surface area contributed by atoms with E-state index in [0.29, 0.717) is 5.69 Å². The Morgan fingerprint density at radius 1 is 1.30 bits per heavy atom. The predicted molar refractivity (Wildman–Crippen MR) is 78.9 cm³/mol. The molecular formula is C13H18N4O2S. The molecule has 0 bridgehead atoms. The molecule has 0 saturated carbocycles. The number of aryl methyl sites for hydroxylation is 2. The summed E-state index contributed by atoms with van der Waals surface area (Å²) in [6.45, 7) is 2.10. The highest BCUT2D eigenvalue weighted by atomic mass is 32.2. The number of hydrogen-bond acceptors (Lipinski definition) is 4. The highest BCUT2D eigenvalue weighted by Crippen LogP contribution is 2.20. The average molecular weight is 294 g/mol. The molecule has 2 aromatic rings. The first-order valence-corrected chi connectivity index (χ1v) is 7.81. The van der Waals surface area contributed by atoms with Crippen molar-refractivity contribution in [2.75, 3.05) is 10.5 Å². The van der Waals surface area contributed by atoms with Crippen LogP contribution in [0.5, 0.6) is 0 Å². The van der Waals surface area contributed by atoms with Crippen molar-refractivity contribution >= 4 is 21.5 Å². The topological polar surface area (TPSA) is 90.0 Å². The van der Waals surface area contributed by atoms with Gasteiger partial charge in [0.05, 0.1) is 6.33 Å². The largest absolute Gasteiger partial charge is 0.381 e. The summed E-state index contributed by atoms with van der Waals surface area (Å²) < 4.78 is 28.4. The third-order valence-electron chi connectivity index (χ3n) is 2.91. The zero-order valence-corrected chi connectivity index (χ0v) is 12.3. The molecule has 108 valence electrons.